The van der Waals surface area contributed by atoms with Gasteiger partial charge in [0.05, 0.1) is 18.8 Å². The van der Waals surface area contributed by atoms with E-state index in [1.807, 2.05) is 41.5 Å². The second-order valence-electron chi connectivity index (χ2n) is 14.2. The Balaban J connectivity index is -0.000000147. The van der Waals surface area contributed by atoms with E-state index in [9.17, 15) is 49.5 Å². The number of ether oxygens (including phenoxy) is 2. The molecule has 0 unspecified atom stereocenters. The maximum absolute atomic E-state index is 11.2. The molecule has 0 amide bonds. The normalized spacial score (nSPS) is 14.9. The van der Waals surface area contributed by atoms with Crippen molar-refractivity contribution in [3.63, 3.8) is 0 Å². The van der Waals surface area contributed by atoms with Gasteiger partial charge in [0.25, 0.3) is 0 Å². The van der Waals surface area contributed by atoms with Crippen molar-refractivity contribution in [2.45, 2.75) is 79.7 Å². The molecule has 59 heavy (non-hydrogen) atoms. The topological polar surface area (TPSA) is 272 Å². The Labute approximate surface area is 374 Å². The van der Waals surface area contributed by atoms with E-state index in [0.717, 1.165) is 58.3 Å². The number of esters is 1. The number of nitrogens with one attached hydrogen (secondary N) is 1. The number of carboxylic acid groups (broad SMARTS) is 1. The van der Waals surface area contributed by atoms with Crippen molar-refractivity contribution in [2.24, 2.45) is 29.6 Å². The second kappa shape index (κ2) is 42.7. The summed E-state index contributed by atoms with van der Waals surface area (Å²) in [4.78, 5) is 72.1. The van der Waals surface area contributed by atoms with Crippen LogP contribution in [0.3, 0.4) is 0 Å². The number of nitrogens with zero attached hydrogens (tertiary/aromatic N) is 4. The number of carboxylic acids is 1. The third-order valence-corrected chi connectivity index (χ3v) is 8.21. The predicted octanol–water partition coefficient (Wildman–Crippen LogP) is 0.901. The molecule has 2 heterocycles. The van der Waals surface area contributed by atoms with Crippen LogP contribution in [-0.2, 0) is 23.9 Å². The van der Waals surface area contributed by atoms with Crippen LogP contribution < -0.4 is 34.9 Å². The van der Waals surface area contributed by atoms with Crippen molar-refractivity contribution < 1.29 is 84.6 Å². The standard InChI is InChI=1S/C9H9NO4.C7H15NO3.C7H13NO3.C5H9NO2.C5H11NO.C5H10O.B.Na.H/c11-9(14-7-6-10(12)13)8-4-2-1-3-5-8;2*1-6(2)7(5-9)3-4-8(10)11;7-5(8)4-2-1-3-6-4;1-6-2-4-7-5-3-6;1-5(2)3-4-6;;;/h1-5H,6-7H2;6-7,9H,3-5H2,1-2H3;5-7H,3-4H2,1-2H3;4,6H,1-3H2,(H,7,8);2-5H2,1H3;4-5H,3H2,1-2H3;;;/q;;;;;;;+1;-1/t;2*7-;4-;;;;;/m.110...../s1. The van der Waals surface area contributed by atoms with E-state index in [1.165, 1.54) is 0 Å². The van der Waals surface area contributed by atoms with Gasteiger partial charge in [-0.05, 0) is 62.2 Å². The Morgan fingerprint density at radius 2 is 1.46 bits per heavy atom. The second-order valence-corrected chi connectivity index (χ2v) is 14.2. The van der Waals surface area contributed by atoms with Gasteiger partial charge in [0.2, 0.25) is 19.6 Å². The first-order chi connectivity index (χ1) is 26.8. The van der Waals surface area contributed by atoms with Crippen molar-refractivity contribution in [3.8, 4) is 0 Å². The number of carbonyl (C=O) groups excluding carboxylic acids is 3. The fourth-order valence-corrected chi connectivity index (χ4v) is 4.33. The molecular formula is C38H68BN5NaO14. The minimum Gasteiger partial charge on any atom is -1.00 e. The molecule has 19 nitrogen and oxygen atoms in total. The van der Waals surface area contributed by atoms with Gasteiger partial charge in [-0.3, -0.25) is 35.1 Å². The Bertz CT molecular complexity index is 1250. The molecule has 0 aromatic heterocycles. The van der Waals surface area contributed by atoms with E-state index in [2.05, 4.69) is 22.0 Å². The molecule has 3 rings (SSSR count). The molecule has 3 radical (unpaired) electrons. The monoisotopic (exact) mass is 852 g/mol. The number of benzene rings is 1. The van der Waals surface area contributed by atoms with E-state index in [4.69, 9.17) is 14.9 Å². The van der Waals surface area contributed by atoms with Gasteiger partial charge in [0.15, 0.2) is 6.61 Å². The molecular weight excluding hydrogens is 784 g/mol. The largest absolute Gasteiger partial charge is 1.00 e. The first kappa shape index (κ1) is 64.7. The molecule has 3 N–H and O–H groups in total. The van der Waals surface area contributed by atoms with E-state index in [-0.39, 0.29) is 106 Å². The molecule has 1 aromatic rings. The molecule has 0 saturated carbocycles. The summed E-state index contributed by atoms with van der Waals surface area (Å²) in [7, 11) is 2.11. The molecule has 0 aliphatic carbocycles. The molecule has 0 spiro atoms. The summed E-state index contributed by atoms with van der Waals surface area (Å²) in [6.45, 7) is 16.0. The summed E-state index contributed by atoms with van der Waals surface area (Å²) in [5, 5.41) is 49.8. The van der Waals surface area contributed by atoms with Crippen LogP contribution in [0.5, 0.6) is 0 Å². The minimum absolute atomic E-state index is 0. The van der Waals surface area contributed by atoms with E-state index in [1.54, 1.807) is 30.3 Å². The number of morpholine rings is 1. The summed E-state index contributed by atoms with van der Waals surface area (Å²) in [5.41, 5.74) is 0.399. The maximum Gasteiger partial charge on any atom is 1.00 e. The average Bonchev–Trinajstić information content (AvgIpc) is 3.70. The van der Waals surface area contributed by atoms with Crippen LogP contribution in [-0.4, -0.2) is 142 Å². The van der Waals surface area contributed by atoms with E-state index < -0.39 is 16.9 Å². The summed E-state index contributed by atoms with van der Waals surface area (Å²) in [6.07, 6.45) is 5.06. The van der Waals surface area contributed by atoms with Crippen LogP contribution in [0.15, 0.2) is 30.3 Å². The van der Waals surface area contributed by atoms with Crippen molar-refractivity contribution in [1.29, 1.82) is 0 Å². The first-order valence-electron chi connectivity index (χ1n) is 19.1. The Hall–Kier alpha value is -3.40. The molecule has 2 aliphatic rings. The third kappa shape index (κ3) is 44.0. The Morgan fingerprint density at radius 1 is 0.932 bits per heavy atom. The van der Waals surface area contributed by atoms with Gasteiger partial charge in [0.1, 0.15) is 18.6 Å². The van der Waals surface area contributed by atoms with Crippen molar-refractivity contribution in [2.75, 3.05) is 72.7 Å². The van der Waals surface area contributed by atoms with Gasteiger partial charge >= 0.3 is 41.5 Å². The molecule has 333 valence electrons. The van der Waals surface area contributed by atoms with Crippen LogP contribution >= 0.6 is 0 Å². The zero-order valence-electron chi connectivity index (χ0n) is 37.3. The number of rotatable bonds is 17. The fourth-order valence-electron chi connectivity index (χ4n) is 4.33. The summed E-state index contributed by atoms with van der Waals surface area (Å²) in [5.74, 6) is -0.300. The number of likely N-dealkylation sites (N-methyl/N-ethyl adjacent to an activating group) is 1. The molecule has 0 bridgehead atoms. The maximum atomic E-state index is 11.2. The van der Waals surface area contributed by atoms with Crippen LogP contribution in [0.2, 0.25) is 0 Å². The third-order valence-electron chi connectivity index (χ3n) is 8.21. The number of hydrogen-bond acceptors (Lipinski definition) is 15. The number of hydrogen-bond donors (Lipinski definition) is 3. The number of carbonyl (C=O) groups is 4. The molecule has 2 aliphatic heterocycles. The van der Waals surface area contributed by atoms with Gasteiger partial charge in [-0.2, -0.15) is 0 Å². The number of aliphatic carboxylic acids is 1. The van der Waals surface area contributed by atoms with Gasteiger partial charge < -0.3 is 40.9 Å². The van der Waals surface area contributed by atoms with Gasteiger partial charge in [-0.25, -0.2) is 4.79 Å². The molecule has 3 atom stereocenters. The average molecular weight is 853 g/mol. The summed E-state index contributed by atoms with van der Waals surface area (Å²) < 4.78 is 9.76. The van der Waals surface area contributed by atoms with Gasteiger partial charge in [-0.1, -0.05) is 59.7 Å². The Kier molecular flexibility index (Phi) is 46.9. The number of aldehydes is 2. The van der Waals surface area contributed by atoms with E-state index in [0.29, 0.717) is 36.7 Å². The molecule has 1 aromatic carbocycles. The fraction of sp³-hybridized carbons (Fsp3) is 0.737. The zero-order chi connectivity index (χ0) is 44.2. The predicted molar refractivity (Wildman–Crippen MR) is 221 cm³/mol. The van der Waals surface area contributed by atoms with E-state index >= 15 is 0 Å². The van der Waals surface area contributed by atoms with Crippen molar-refractivity contribution >= 4 is 32.9 Å². The van der Waals surface area contributed by atoms with Crippen LogP contribution in [0.4, 0.5) is 0 Å². The quantitative estimate of drug-likeness (QED) is 0.0646. The smallest absolute Gasteiger partial charge is 1.00 e. The number of nitro groups is 3. The van der Waals surface area contributed by atoms with Crippen LogP contribution in [0.1, 0.15) is 85.4 Å². The van der Waals surface area contributed by atoms with Crippen LogP contribution in [0.25, 0.3) is 0 Å². The number of aliphatic hydroxyl groups is 1. The van der Waals surface area contributed by atoms with Crippen LogP contribution in [0, 0.1) is 59.9 Å². The van der Waals surface area contributed by atoms with Gasteiger partial charge in [0, 0.05) is 68.1 Å². The summed E-state index contributed by atoms with van der Waals surface area (Å²) >= 11 is 0. The molecule has 2 saturated heterocycles. The number of aliphatic hydroxyl groups excluding tert-OH is 1. The summed E-state index contributed by atoms with van der Waals surface area (Å²) in [6, 6.07) is 8.08. The Morgan fingerprint density at radius 3 is 1.76 bits per heavy atom. The zero-order valence-corrected chi connectivity index (χ0v) is 38.3. The SMILES string of the molecule is CC(C)CC=O.CC(C)[C@@H](C=O)CC[N+](=O)[O-].CC(C)[C@@H](CO)CC[N+](=O)[O-].CN1CCOCC1.O=C(O)[C@@H]1CCCN1.O=C(OCC[N+](=O)[O-])c1ccccc1.[B].[H-].[Na+]. The minimum atomic E-state index is -0.720. The molecule has 21 heteroatoms. The van der Waals surface area contributed by atoms with Crippen molar-refractivity contribution in [3.05, 3.63) is 66.2 Å². The van der Waals surface area contributed by atoms with Crippen molar-refractivity contribution in [1.82, 2.24) is 10.2 Å². The first-order valence-corrected chi connectivity index (χ1v) is 19.1. The molecule has 2 fully saturated rings. The van der Waals surface area contributed by atoms with Gasteiger partial charge in [-0.15, -0.1) is 0 Å².